The third-order valence-electron chi connectivity index (χ3n) is 7.13. The number of benzene rings is 2. The van der Waals surface area contributed by atoms with E-state index in [0.717, 1.165) is 11.4 Å². The number of hydrogen-bond acceptors (Lipinski definition) is 3. The summed E-state index contributed by atoms with van der Waals surface area (Å²) in [4.78, 5) is 11.1. The van der Waals surface area contributed by atoms with Crippen molar-refractivity contribution in [2.75, 3.05) is 11.1 Å². The van der Waals surface area contributed by atoms with Crippen molar-refractivity contribution in [3.05, 3.63) is 96.1 Å². The van der Waals surface area contributed by atoms with E-state index in [-0.39, 0.29) is 62.8 Å². The topological polar surface area (TPSA) is 85.1 Å². The first-order chi connectivity index (χ1) is 16.0. The molecule has 0 saturated heterocycles. The quantitative estimate of drug-likeness (QED) is 0.389. The molecule has 0 heterocycles. The van der Waals surface area contributed by atoms with Crippen molar-refractivity contribution in [2.45, 2.75) is 32.6 Å². The first-order valence-electron chi connectivity index (χ1n) is 12.1. The second kappa shape index (κ2) is 12.5. The molecule has 0 aliphatic heterocycles. The van der Waals surface area contributed by atoms with Crippen molar-refractivity contribution in [1.29, 1.82) is 0 Å². The van der Waals surface area contributed by atoms with E-state index in [2.05, 4.69) is 66.0 Å². The van der Waals surface area contributed by atoms with Crippen LogP contribution in [0.2, 0.25) is 0 Å². The summed E-state index contributed by atoms with van der Waals surface area (Å²) in [5, 5.41) is 2.84. The maximum absolute atomic E-state index is 11.1. The number of carbonyl (C=O) groups is 1. The summed E-state index contributed by atoms with van der Waals surface area (Å²) in [5.74, 6) is 2.42. The molecular formula is C30H33KN2O2. The molecule has 5 heteroatoms. The Kier molecular flexibility index (Phi) is 9.93. The van der Waals surface area contributed by atoms with Gasteiger partial charge in [-0.05, 0) is 84.1 Å². The van der Waals surface area contributed by atoms with Crippen LogP contribution in [0.1, 0.15) is 43.7 Å². The molecular weight excluding hydrogens is 459 g/mol. The molecule has 8 rings (SSSR count). The van der Waals surface area contributed by atoms with Crippen LogP contribution >= 0.6 is 0 Å². The minimum atomic E-state index is -0.0220. The molecule has 4 bridgehead atoms. The molecule has 1 amide bonds. The fraction of sp³-hybridized carbons (Fsp3) is 0.300. The number of nitrogen functional groups attached to an aromatic ring is 1. The van der Waals surface area contributed by atoms with E-state index in [1.54, 1.807) is 0 Å². The summed E-state index contributed by atoms with van der Waals surface area (Å²) in [6, 6.07) is 16.4. The molecule has 35 heavy (non-hydrogen) atoms. The minimum absolute atomic E-state index is 0. The Morgan fingerprint density at radius 2 is 1.34 bits per heavy atom. The summed E-state index contributed by atoms with van der Waals surface area (Å²) < 4.78 is 0. The van der Waals surface area contributed by atoms with Crippen LogP contribution in [0, 0.1) is 23.7 Å². The number of rotatable bonds is 3. The number of nitrogens with two attached hydrogens (primary N) is 1. The fourth-order valence-corrected chi connectivity index (χ4v) is 5.51. The van der Waals surface area contributed by atoms with E-state index in [0.29, 0.717) is 23.7 Å². The molecule has 0 fully saturated rings. The van der Waals surface area contributed by atoms with Crippen LogP contribution in [0.15, 0.2) is 85.0 Å². The third-order valence-corrected chi connectivity index (χ3v) is 7.13. The van der Waals surface area contributed by atoms with E-state index >= 15 is 0 Å². The van der Waals surface area contributed by atoms with E-state index < -0.39 is 0 Å². The van der Waals surface area contributed by atoms with Gasteiger partial charge in [-0.2, -0.15) is 0 Å². The molecule has 6 aliphatic rings. The molecule has 4 N–H and O–H groups in total. The molecule has 0 spiro atoms. The number of allylic oxidation sites excluding steroid dienone is 8. The molecule has 2 aromatic rings. The van der Waals surface area contributed by atoms with Crippen LogP contribution in [-0.2, 0) is 4.79 Å². The van der Waals surface area contributed by atoms with Crippen molar-refractivity contribution in [3.8, 4) is 0 Å². The van der Waals surface area contributed by atoms with Crippen molar-refractivity contribution in [1.82, 2.24) is 0 Å². The van der Waals surface area contributed by atoms with Gasteiger partial charge in [-0.25, -0.2) is 0 Å². The normalized spacial score (nSPS) is 24.7. The van der Waals surface area contributed by atoms with Crippen LogP contribution in [0.3, 0.4) is 0 Å². The first-order valence-corrected chi connectivity index (χ1v) is 12.1. The van der Waals surface area contributed by atoms with Gasteiger partial charge in [-0.1, -0.05) is 60.7 Å². The zero-order valence-corrected chi connectivity index (χ0v) is 23.8. The molecule has 176 valence electrons. The SMILES string of the molecule is CC(=O)Nc1cccc(C2=CC3C=CC2CC3)c1.Nc1cccc(C2=CC3C=CC2CC3)c1.[K+].[OH-]. The summed E-state index contributed by atoms with van der Waals surface area (Å²) in [7, 11) is 0. The molecule has 4 atom stereocenters. The Hall–Kier alpha value is -1.73. The van der Waals surface area contributed by atoms with Gasteiger partial charge in [-0.15, -0.1) is 0 Å². The van der Waals surface area contributed by atoms with Gasteiger partial charge < -0.3 is 16.5 Å². The summed E-state index contributed by atoms with van der Waals surface area (Å²) in [6.45, 7) is 1.54. The predicted molar refractivity (Wildman–Crippen MR) is 140 cm³/mol. The average molecular weight is 493 g/mol. The van der Waals surface area contributed by atoms with Crippen LogP contribution in [-0.4, -0.2) is 11.4 Å². The van der Waals surface area contributed by atoms with Crippen molar-refractivity contribution in [3.63, 3.8) is 0 Å². The van der Waals surface area contributed by atoms with Crippen LogP contribution < -0.4 is 62.4 Å². The fourth-order valence-electron chi connectivity index (χ4n) is 5.51. The maximum Gasteiger partial charge on any atom is 1.00 e. The Labute approximate surface area is 251 Å². The molecule has 2 aromatic carbocycles. The molecule has 4 nitrogen and oxygen atoms in total. The average Bonchev–Trinajstić information content (AvgIpc) is 2.86. The van der Waals surface area contributed by atoms with Gasteiger partial charge in [0, 0.05) is 30.1 Å². The smallest absolute Gasteiger partial charge is 0.870 e. The molecule has 6 aliphatic carbocycles. The molecule has 0 radical (unpaired) electrons. The van der Waals surface area contributed by atoms with Gasteiger partial charge >= 0.3 is 51.4 Å². The predicted octanol–water partition coefficient (Wildman–Crippen LogP) is 3.70. The van der Waals surface area contributed by atoms with E-state index in [9.17, 15) is 4.79 Å². The van der Waals surface area contributed by atoms with Gasteiger partial charge in [0.1, 0.15) is 0 Å². The van der Waals surface area contributed by atoms with Crippen molar-refractivity contribution < 1.29 is 61.7 Å². The number of nitrogens with one attached hydrogen (secondary N) is 1. The van der Waals surface area contributed by atoms with Crippen LogP contribution in [0.25, 0.3) is 11.1 Å². The standard InChI is InChI=1S/C16H17NO.C14H15N.K.H2O/c1-11(18)17-15-4-2-3-14(10-15)16-9-12-5-7-13(16)8-6-12;15-13-3-1-2-12(9-13)14-8-10-4-6-11(14)7-5-10;;/h2-5,7,9-10,12-13H,6,8H2,1H3,(H,17,18);1-4,6,8-11H,5,7,15H2;;1H2/q;;+1;/p-1. The largest absolute Gasteiger partial charge is 1.00 e. The maximum atomic E-state index is 11.1. The minimum Gasteiger partial charge on any atom is -0.870 e. The zero-order chi connectivity index (χ0) is 22.8. The number of fused-ring (bicyclic) bond motifs is 2. The van der Waals surface area contributed by atoms with Gasteiger partial charge in [0.2, 0.25) is 5.91 Å². The summed E-state index contributed by atoms with van der Waals surface area (Å²) >= 11 is 0. The van der Waals surface area contributed by atoms with Gasteiger partial charge in [0.25, 0.3) is 0 Å². The second-order valence-electron chi connectivity index (χ2n) is 9.60. The molecule has 0 saturated carbocycles. The van der Waals surface area contributed by atoms with E-state index in [4.69, 9.17) is 5.73 Å². The second-order valence-corrected chi connectivity index (χ2v) is 9.60. The Bertz CT molecular complexity index is 1180. The van der Waals surface area contributed by atoms with Crippen molar-refractivity contribution in [2.24, 2.45) is 23.7 Å². The number of hydrogen-bond donors (Lipinski definition) is 2. The van der Waals surface area contributed by atoms with E-state index in [1.807, 2.05) is 24.3 Å². The van der Waals surface area contributed by atoms with E-state index in [1.165, 1.54) is 54.9 Å². The third kappa shape index (κ3) is 6.73. The Morgan fingerprint density at radius 1 is 0.800 bits per heavy atom. The number of carbonyl (C=O) groups excluding carboxylic acids is 1. The molecule has 0 aromatic heterocycles. The number of anilines is 2. The monoisotopic (exact) mass is 492 g/mol. The van der Waals surface area contributed by atoms with Gasteiger partial charge in [-0.3, -0.25) is 4.79 Å². The van der Waals surface area contributed by atoms with Crippen LogP contribution in [0.5, 0.6) is 0 Å². The Morgan fingerprint density at radius 3 is 1.77 bits per heavy atom. The first kappa shape index (κ1) is 27.8. The Balaban J connectivity index is 0.000000187. The summed E-state index contributed by atoms with van der Waals surface area (Å²) in [5.41, 5.74) is 13.0. The number of amides is 1. The van der Waals surface area contributed by atoms with Crippen LogP contribution in [0.4, 0.5) is 11.4 Å². The van der Waals surface area contributed by atoms with Crippen molar-refractivity contribution >= 4 is 28.4 Å². The van der Waals surface area contributed by atoms with Gasteiger partial charge in [0.05, 0.1) is 0 Å². The molecule has 4 unspecified atom stereocenters. The summed E-state index contributed by atoms with van der Waals surface area (Å²) in [6.07, 6.45) is 19.2. The zero-order valence-electron chi connectivity index (χ0n) is 20.7. The van der Waals surface area contributed by atoms with Gasteiger partial charge in [0.15, 0.2) is 0 Å².